The molecule has 0 aliphatic heterocycles. The molecule has 4 heteroatoms. The molecule has 0 unspecified atom stereocenters. The largest absolute Gasteiger partial charge is 0.507 e. The molecule has 2 rings (SSSR count). The van der Waals surface area contributed by atoms with E-state index < -0.39 is 0 Å². The normalized spacial score (nSPS) is 11.7. The summed E-state index contributed by atoms with van der Waals surface area (Å²) in [6.45, 7) is 5.46. The lowest BCUT2D eigenvalue weighted by Gasteiger charge is -2.07. The van der Waals surface area contributed by atoms with Crippen molar-refractivity contribution in [3.63, 3.8) is 0 Å². The van der Waals surface area contributed by atoms with Crippen LogP contribution in [0.15, 0.2) is 59.7 Å². The molecule has 2 aromatic carbocycles. The number of nitrogens with zero attached hydrogens (tertiary/aromatic N) is 1. The molecule has 0 bridgehead atoms. The Kier molecular flexibility index (Phi) is 6.24. The van der Waals surface area contributed by atoms with Gasteiger partial charge in [0.1, 0.15) is 5.75 Å². The van der Waals surface area contributed by atoms with Gasteiger partial charge in [-0.05, 0) is 37.6 Å². The lowest BCUT2D eigenvalue weighted by molar-refractivity contribution is 0.474. The van der Waals surface area contributed by atoms with Crippen LogP contribution in [0.25, 0.3) is 6.08 Å². The van der Waals surface area contributed by atoms with Crippen molar-refractivity contribution < 1.29 is 5.11 Å². The van der Waals surface area contributed by atoms with E-state index in [-0.39, 0.29) is 5.75 Å². The first-order valence-corrected chi connectivity index (χ1v) is 7.77. The van der Waals surface area contributed by atoms with Crippen LogP contribution in [0.4, 0.5) is 5.69 Å². The smallest absolute Gasteiger partial charge is 0.124 e. The first-order chi connectivity index (χ1) is 11.2. The Hall–Kier alpha value is -2.75. The van der Waals surface area contributed by atoms with Crippen molar-refractivity contribution in [2.24, 2.45) is 5.10 Å². The number of aromatic hydroxyl groups is 1. The fourth-order valence-corrected chi connectivity index (χ4v) is 2.24. The number of hydrogen-bond acceptors (Lipinski definition) is 4. The number of rotatable bonds is 7. The number of benzene rings is 2. The van der Waals surface area contributed by atoms with Crippen LogP contribution in [-0.2, 0) is 0 Å². The number of anilines is 1. The molecule has 120 valence electrons. The molecule has 0 atom stereocenters. The Morgan fingerprint density at radius 1 is 1.13 bits per heavy atom. The molecule has 0 fully saturated rings. The van der Waals surface area contributed by atoms with Crippen LogP contribution >= 0.6 is 0 Å². The van der Waals surface area contributed by atoms with Gasteiger partial charge in [-0.25, -0.2) is 0 Å². The fraction of sp³-hybridized carbons (Fsp3) is 0.211. The average molecular weight is 309 g/mol. The zero-order valence-corrected chi connectivity index (χ0v) is 13.6. The van der Waals surface area contributed by atoms with E-state index in [0.29, 0.717) is 6.54 Å². The maximum atomic E-state index is 9.78. The van der Waals surface area contributed by atoms with Crippen molar-refractivity contribution in [2.75, 3.05) is 18.4 Å². The zero-order chi connectivity index (χ0) is 16.5. The predicted molar refractivity (Wildman–Crippen MR) is 98.0 cm³/mol. The van der Waals surface area contributed by atoms with Gasteiger partial charge in [0.25, 0.3) is 0 Å². The maximum absolute atomic E-state index is 9.78. The van der Waals surface area contributed by atoms with Gasteiger partial charge in [0.2, 0.25) is 0 Å². The fourth-order valence-electron chi connectivity index (χ4n) is 2.24. The highest BCUT2D eigenvalue weighted by atomic mass is 16.3. The first kappa shape index (κ1) is 16.6. The molecule has 0 aliphatic carbocycles. The van der Waals surface area contributed by atoms with Gasteiger partial charge in [0.05, 0.1) is 12.3 Å². The molecule has 0 spiro atoms. The quantitative estimate of drug-likeness (QED) is 0.414. The van der Waals surface area contributed by atoms with Crippen LogP contribution in [0.1, 0.15) is 25.0 Å². The number of para-hydroxylation sites is 2. The molecular formula is C19H23N3O. The van der Waals surface area contributed by atoms with Crippen molar-refractivity contribution in [1.29, 1.82) is 0 Å². The maximum Gasteiger partial charge on any atom is 0.124 e. The number of phenolic OH excluding ortho intramolecular Hbond substituents is 1. The van der Waals surface area contributed by atoms with Crippen molar-refractivity contribution >= 4 is 17.5 Å². The summed E-state index contributed by atoms with van der Waals surface area (Å²) in [7, 11) is 0. The minimum atomic E-state index is 0.241. The van der Waals surface area contributed by atoms with Gasteiger partial charge in [0, 0.05) is 17.8 Å². The molecule has 23 heavy (non-hydrogen) atoms. The summed E-state index contributed by atoms with van der Waals surface area (Å²) in [6, 6.07) is 15.4. The summed E-state index contributed by atoms with van der Waals surface area (Å²) in [4.78, 5) is 0. The lowest BCUT2D eigenvalue weighted by Crippen LogP contribution is -2.09. The van der Waals surface area contributed by atoms with E-state index in [1.165, 1.54) is 0 Å². The molecule has 3 N–H and O–H groups in total. The van der Waals surface area contributed by atoms with Crippen LogP contribution in [0, 0.1) is 0 Å². The van der Waals surface area contributed by atoms with Crippen LogP contribution < -0.4 is 10.7 Å². The van der Waals surface area contributed by atoms with Gasteiger partial charge in [-0.1, -0.05) is 42.5 Å². The number of phenols is 1. The Labute approximate surface area is 137 Å². The third-order valence-electron chi connectivity index (χ3n) is 3.38. The van der Waals surface area contributed by atoms with Gasteiger partial charge >= 0.3 is 0 Å². The molecule has 2 aromatic rings. The van der Waals surface area contributed by atoms with Crippen molar-refractivity contribution in [3.05, 3.63) is 65.7 Å². The summed E-state index contributed by atoms with van der Waals surface area (Å²) >= 11 is 0. The average Bonchev–Trinajstić information content (AvgIpc) is 2.56. The van der Waals surface area contributed by atoms with E-state index in [0.717, 1.165) is 29.1 Å². The topological polar surface area (TPSA) is 56.7 Å². The third-order valence-corrected chi connectivity index (χ3v) is 3.38. The Morgan fingerprint density at radius 3 is 2.65 bits per heavy atom. The first-order valence-electron chi connectivity index (χ1n) is 7.77. The van der Waals surface area contributed by atoms with E-state index in [1.807, 2.05) is 37.3 Å². The number of hydrazone groups is 1. The van der Waals surface area contributed by atoms with Crippen LogP contribution in [-0.4, -0.2) is 23.9 Å². The standard InChI is InChI=1S/C19H23N3O/c1-3-20-18-12-6-4-9-16(18)10-8-14-21-22-15(2)17-11-5-7-13-19(17)23/h4-13,20-21,23H,3,14H2,1-2H3/b10-8-,22-15+. The minimum Gasteiger partial charge on any atom is -0.507 e. The molecule has 0 radical (unpaired) electrons. The van der Waals surface area contributed by atoms with Gasteiger partial charge in [-0.15, -0.1) is 0 Å². The third kappa shape index (κ3) is 4.88. The van der Waals surface area contributed by atoms with Gasteiger partial charge < -0.3 is 15.8 Å². The second-order valence-corrected chi connectivity index (χ2v) is 5.10. The summed E-state index contributed by atoms with van der Waals surface area (Å²) < 4.78 is 0. The number of hydrogen-bond donors (Lipinski definition) is 3. The van der Waals surface area contributed by atoms with E-state index in [4.69, 9.17) is 0 Å². The second kappa shape index (κ2) is 8.63. The van der Waals surface area contributed by atoms with Gasteiger partial charge in [-0.3, -0.25) is 0 Å². The highest BCUT2D eigenvalue weighted by Gasteiger charge is 2.02. The van der Waals surface area contributed by atoms with E-state index in [1.54, 1.807) is 12.1 Å². The summed E-state index contributed by atoms with van der Waals surface area (Å²) in [5, 5.41) is 17.4. The highest BCUT2D eigenvalue weighted by molar-refractivity contribution is 6.00. The van der Waals surface area contributed by atoms with Crippen LogP contribution in [0.2, 0.25) is 0 Å². The van der Waals surface area contributed by atoms with Crippen LogP contribution in [0.5, 0.6) is 5.75 Å². The SMILES string of the molecule is CCNc1ccccc1/C=C\CN/N=C(\C)c1ccccc1O. The molecule has 4 nitrogen and oxygen atoms in total. The molecule has 0 saturated carbocycles. The van der Waals surface area contributed by atoms with Crippen molar-refractivity contribution in [3.8, 4) is 5.75 Å². The predicted octanol–water partition coefficient (Wildman–Crippen LogP) is 3.85. The monoisotopic (exact) mass is 309 g/mol. The molecule has 0 saturated heterocycles. The van der Waals surface area contributed by atoms with Crippen molar-refractivity contribution in [1.82, 2.24) is 5.43 Å². The van der Waals surface area contributed by atoms with E-state index in [9.17, 15) is 5.11 Å². The van der Waals surface area contributed by atoms with Gasteiger partial charge in [-0.2, -0.15) is 5.10 Å². The zero-order valence-electron chi connectivity index (χ0n) is 13.6. The highest BCUT2D eigenvalue weighted by Crippen LogP contribution is 2.17. The number of nitrogens with one attached hydrogen (secondary N) is 2. The summed E-state index contributed by atoms with van der Waals surface area (Å²) in [5.74, 6) is 0.241. The molecule has 0 heterocycles. The Bertz CT molecular complexity index is 693. The van der Waals surface area contributed by atoms with Gasteiger partial charge in [0.15, 0.2) is 0 Å². The molecule has 0 aliphatic rings. The minimum absolute atomic E-state index is 0.241. The van der Waals surface area contributed by atoms with E-state index in [2.05, 4.69) is 41.0 Å². The lowest BCUT2D eigenvalue weighted by atomic mass is 10.1. The van der Waals surface area contributed by atoms with Crippen LogP contribution in [0.3, 0.4) is 0 Å². The molecular weight excluding hydrogens is 286 g/mol. The second-order valence-electron chi connectivity index (χ2n) is 5.10. The Morgan fingerprint density at radius 2 is 1.87 bits per heavy atom. The molecule has 0 amide bonds. The summed E-state index contributed by atoms with van der Waals surface area (Å²) in [5.41, 5.74) is 6.77. The Balaban J connectivity index is 1.92. The van der Waals surface area contributed by atoms with Crippen molar-refractivity contribution in [2.45, 2.75) is 13.8 Å². The van der Waals surface area contributed by atoms with E-state index >= 15 is 0 Å². The summed E-state index contributed by atoms with van der Waals surface area (Å²) in [6.07, 6.45) is 4.09. The molecule has 0 aromatic heterocycles.